The highest BCUT2D eigenvalue weighted by Gasteiger charge is 2.11. The van der Waals surface area contributed by atoms with Gasteiger partial charge in [-0.2, -0.15) is 5.10 Å². The third-order valence-electron chi connectivity index (χ3n) is 3.83. The number of aromatic hydroxyl groups is 1. The molecule has 0 saturated carbocycles. The summed E-state index contributed by atoms with van der Waals surface area (Å²) in [6.45, 7) is 1.88. The summed E-state index contributed by atoms with van der Waals surface area (Å²) in [4.78, 5) is 8.95. The number of nitrogens with zero attached hydrogens (tertiary/aromatic N) is 4. The molecule has 1 heterocycles. The zero-order valence-electron chi connectivity index (χ0n) is 14.9. The molecule has 0 atom stereocenters. The Labute approximate surface area is 152 Å². The van der Waals surface area contributed by atoms with Gasteiger partial charge in [-0.05, 0) is 31.2 Å². The fourth-order valence-electron chi connectivity index (χ4n) is 2.48. The lowest BCUT2D eigenvalue weighted by molar-refractivity contribution is 0.414. The summed E-state index contributed by atoms with van der Waals surface area (Å²) >= 11 is 0. The largest absolute Gasteiger partial charge is 0.507 e. The van der Waals surface area contributed by atoms with Crippen molar-refractivity contribution in [2.45, 2.75) is 6.92 Å². The minimum Gasteiger partial charge on any atom is -0.507 e. The maximum absolute atomic E-state index is 10.1. The molecule has 3 aromatic rings. The van der Waals surface area contributed by atoms with E-state index in [-0.39, 0.29) is 5.75 Å². The van der Waals surface area contributed by atoms with Gasteiger partial charge in [0.15, 0.2) is 11.6 Å². The van der Waals surface area contributed by atoms with Crippen molar-refractivity contribution in [3.05, 3.63) is 65.9 Å². The molecule has 0 aliphatic heterocycles. The summed E-state index contributed by atoms with van der Waals surface area (Å²) in [6, 6.07) is 16.5. The molecule has 132 valence electrons. The normalized spacial score (nSPS) is 10.9. The Morgan fingerprint density at radius 3 is 2.58 bits per heavy atom. The van der Waals surface area contributed by atoms with Crippen LogP contribution in [0.25, 0.3) is 11.4 Å². The number of anilines is 1. The molecule has 1 aromatic heterocycles. The van der Waals surface area contributed by atoms with Crippen LogP contribution in [0, 0.1) is 6.92 Å². The van der Waals surface area contributed by atoms with Crippen molar-refractivity contribution >= 4 is 12.0 Å². The SMILES string of the molecule is COc1ccccc1/C=N\N(C)c1cc(C)nc(-c2ccccc2O)n1. The number of hydrazone groups is 1. The first-order chi connectivity index (χ1) is 12.6. The van der Waals surface area contributed by atoms with E-state index in [0.29, 0.717) is 17.2 Å². The van der Waals surface area contributed by atoms with Gasteiger partial charge < -0.3 is 9.84 Å². The summed E-state index contributed by atoms with van der Waals surface area (Å²) in [5, 5.41) is 16.2. The molecule has 6 heteroatoms. The van der Waals surface area contributed by atoms with Crippen LogP contribution in [-0.2, 0) is 0 Å². The van der Waals surface area contributed by atoms with E-state index >= 15 is 0 Å². The van der Waals surface area contributed by atoms with E-state index in [4.69, 9.17) is 4.74 Å². The second kappa shape index (κ2) is 7.65. The topological polar surface area (TPSA) is 70.8 Å². The van der Waals surface area contributed by atoms with E-state index in [2.05, 4.69) is 15.1 Å². The maximum atomic E-state index is 10.1. The highest BCUT2D eigenvalue weighted by atomic mass is 16.5. The highest BCUT2D eigenvalue weighted by Crippen LogP contribution is 2.27. The molecule has 0 spiro atoms. The van der Waals surface area contributed by atoms with Crippen molar-refractivity contribution in [3.63, 3.8) is 0 Å². The summed E-state index contributed by atoms with van der Waals surface area (Å²) in [5.74, 6) is 1.97. The molecule has 0 unspecified atom stereocenters. The number of phenols is 1. The number of hydrogen-bond acceptors (Lipinski definition) is 6. The van der Waals surface area contributed by atoms with Crippen LogP contribution in [-0.4, -0.2) is 35.4 Å². The van der Waals surface area contributed by atoms with Crippen molar-refractivity contribution in [1.29, 1.82) is 0 Å². The number of aromatic nitrogens is 2. The Balaban J connectivity index is 1.92. The third-order valence-corrected chi connectivity index (χ3v) is 3.83. The van der Waals surface area contributed by atoms with Crippen LogP contribution in [0.5, 0.6) is 11.5 Å². The second-order valence-corrected chi connectivity index (χ2v) is 5.72. The highest BCUT2D eigenvalue weighted by molar-refractivity contribution is 5.84. The van der Waals surface area contributed by atoms with Crippen LogP contribution in [0.15, 0.2) is 59.7 Å². The van der Waals surface area contributed by atoms with Crippen molar-refractivity contribution < 1.29 is 9.84 Å². The number of ether oxygens (including phenoxy) is 1. The van der Waals surface area contributed by atoms with Gasteiger partial charge in [-0.25, -0.2) is 9.97 Å². The van der Waals surface area contributed by atoms with Crippen molar-refractivity contribution in [2.24, 2.45) is 5.10 Å². The van der Waals surface area contributed by atoms with E-state index in [1.165, 1.54) is 0 Å². The quantitative estimate of drug-likeness (QED) is 0.563. The molecule has 0 bridgehead atoms. The van der Waals surface area contributed by atoms with Crippen LogP contribution < -0.4 is 9.75 Å². The Bertz CT molecular complexity index is 941. The second-order valence-electron chi connectivity index (χ2n) is 5.72. The smallest absolute Gasteiger partial charge is 0.165 e. The molecule has 0 amide bonds. The van der Waals surface area contributed by atoms with Crippen LogP contribution in [0.1, 0.15) is 11.3 Å². The molecule has 0 fully saturated rings. The van der Waals surface area contributed by atoms with E-state index in [1.807, 2.05) is 50.4 Å². The molecule has 1 N–H and O–H groups in total. The summed E-state index contributed by atoms with van der Waals surface area (Å²) in [6.07, 6.45) is 1.72. The lowest BCUT2D eigenvalue weighted by atomic mass is 10.2. The molecule has 0 radical (unpaired) electrons. The minimum absolute atomic E-state index is 0.143. The summed E-state index contributed by atoms with van der Waals surface area (Å²) < 4.78 is 5.33. The number of hydrogen-bond donors (Lipinski definition) is 1. The molecule has 0 aliphatic rings. The Hall–Kier alpha value is -3.41. The summed E-state index contributed by atoms with van der Waals surface area (Å²) in [5.41, 5.74) is 2.24. The Morgan fingerprint density at radius 1 is 1.08 bits per heavy atom. The van der Waals surface area contributed by atoms with Crippen molar-refractivity contribution in [2.75, 3.05) is 19.2 Å². The fourth-order valence-corrected chi connectivity index (χ4v) is 2.48. The van der Waals surface area contributed by atoms with Gasteiger partial charge in [0.05, 0.1) is 18.9 Å². The zero-order chi connectivity index (χ0) is 18.5. The first-order valence-corrected chi connectivity index (χ1v) is 8.13. The molecule has 0 saturated heterocycles. The van der Waals surface area contributed by atoms with Gasteiger partial charge in [-0.3, -0.25) is 5.01 Å². The van der Waals surface area contributed by atoms with Gasteiger partial charge in [0.25, 0.3) is 0 Å². The van der Waals surface area contributed by atoms with E-state index in [0.717, 1.165) is 17.0 Å². The Morgan fingerprint density at radius 2 is 1.81 bits per heavy atom. The first-order valence-electron chi connectivity index (χ1n) is 8.13. The van der Waals surface area contributed by atoms with E-state index < -0.39 is 0 Å². The lowest BCUT2D eigenvalue weighted by Gasteiger charge is -2.14. The van der Waals surface area contributed by atoms with Crippen LogP contribution in [0.4, 0.5) is 5.82 Å². The van der Waals surface area contributed by atoms with Gasteiger partial charge in [0.2, 0.25) is 0 Å². The fraction of sp³-hybridized carbons (Fsp3) is 0.150. The molecule has 3 rings (SSSR count). The number of benzene rings is 2. The van der Waals surface area contributed by atoms with Crippen molar-refractivity contribution in [3.8, 4) is 22.9 Å². The first kappa shape index (κ1) is 17.4. The van der Waals surface area contributed by atoms with Crippen LogP contribution >= 0.6 is 0 Å². The van der Waals surface area contributed by atoms with Crippen LogP contribution in [0.3, 0.4) is 0 Å². The molecule has 26 heavy (non-hydrogen) atoms. The predicted octanol–water partition coefficient (Wildman–Crippen LogP) is 3.64. The monoisotopic (exact) mass is 348 g/mol. The number of methoxy groups -OCH3 is 1. The standard InChI is InChI=1S/C20H20N4O2/c1-14-12-19(23-20(22-14)16-9-5-6-10-17(16)25)24(2)21-13-15-8-4-7-11-18(15)26-3/h4-13,25H,1-3H3/b21-13-. The predicted molar refractivity (Wildman–Crippen MR) is 103 cm³/mol. The zero-order valence-corrected chi connectivity index (χ0v) is 14.9. The number of para-hydroxylation sites is 2. The molecule has 0 aliphatic carbocycles. The van der Waals surface area contributed by atoms with Gasteiger partial charge >= 0.3 is 0 Å². The minimum atomic E-state index is 0.143. The van der Waals surface area contributed by atoms with Gasteiger partial charge in [-0.1, -0.05) is 24.3 Å². The van der Waals surface area contributed by atoms with E-state index in [9.17, 15) is 5.11 Å². The molecular weight excluding hydrogens is 328 g/mol. The van der Waals surface area contributed by atoms with Crippen LogP contribution in [0.2, 0.25) is 0 Å². The average molecular weight is 348 g/mol. The summed E-state index contributed by atoms with van der Waals surface area (Å²) in [7, 11) is 3.44. The van der Waals surface area contributed by atoms with Gasteiger partial charge in [0, 0.05) is 24.4 Å². The van der Waals surface area contributed by atoms with E-state index in [1.54, 1.807) is 36.5 Å². The lowest BCUT2D eigenvalue weighted by Crippen LogP contribution is -2.12. The Kier molecular flexibility index (Phi) is 5.12. The number of rotatable bonds is 5. The maximum Gasteiger partial charge on any atom is 0.165 e. The number of phenolic OH excluding ortho intramolecular Hbond substituents is 1. The van der Waals surface area contributed by atoms with Gasteiger partial charge in [0.1, 0.15) is 11.5 Å². The number of aryl methyl sites for hydroxylation is 1. The molecular formula is C20H20N4O2. The van der Waals surface area contributed by atoms with Crippen molar-refractivity contribution in [1.82, 2.24) is 9.97 Å². The average Bonchev–Trinajstić information content (AvgIpc) is 2.66. The molecule has 2 aromatic carbocycles. The van der Waals surface area contributed by atoms with Gasteiger partial charge in [-0.15, -0.1) is 0 Å². The molecule has 6 nitrogen and oxygen atoms in total. The third kappa shape index (κ3) is 3.80.